The lowest BCUT2D eigenvalue weighted by molar-refractivity contribution is 0.0868. The van der Waals surface area contributed by atoms with Crippen LogP contribution >= 0.6 is 0 Å². The molecule has 20 heavy (non-hydrogen) atoms. The minimum Gasteiger partial charge on any atom is -0.492 e. The van der Waals surface area contributed by atoms with E-state index in [-0.39, 0.29) is 18.2 Å². The molecule has 0 bridgehead atoms. The fourth-order valence-corrected chi connectivity index (χ4v) is 2.31. The highest BCUT2D eigenvalue weighted by atomic mass is 16.5. The number of hydrogen-bond donors (Lipinski definition) is 2. The fraction of sp³-hybridized carbons (Fsp3) is 0.533. The first-order valence-corrected chi connectivity index (χ1v) is 7.11. The zero-order valence-electron chi connectivity index (χ0n) is 12.0. The molecule has 1 aliphatic rings. The summed E-state index contributed by atoms with van der Waals surface area (Å²) in [5, 5.41) is 5.73. The van der Waals surface area contributed by atoms with Crippen molar-refractivity contribution in [3.05, 3.63) is 24.3 Å². The molecule has 110 valence electrons. The average Bonchev–Trinajstić information content (AvgIpc) is 2.95. The van der Waals surface area contributed by atoms with E-state index in [1.165, 1.54) is 0 Å². The zero-order valence-corrected chi connectivity index (χ0v) is 12.0. The molecule has 0 saturated carbocycles. The first-order valence-electron chi connectivity index (χ1n) is 7.11. The third kappa shape index (κ3) is 3.87. The number of ether oxygens (including phenoxy) is 2. The summed E-state index contributed by atoms with van der Waals surface area (Å²) >= 11 is 0. The molecule has 0 aliphatic carbocycles. The lowest BCUT2D eigenvalue weighted by Gasteiger charge is -2.20. The third-order valence-corrected chi connectivity index (χ3v) is 3.32. The predicted octanol–water partition coefficient (Wildman–Crippen LogP) is 2.77. The van der Waals surface area contributed by atoms with Crippen LogP contribution < -0.4 is 15.4 Å². The van der Waals surface area contributed by atoms with Gasteiger partial charge in [-0.1, -0.05) is 12.1 Å². The second kappa shape index (κ2) is 7.14. The molecule has 5 nitrogen and oxygen atoms in total. The van der Waals surface area contributed by atoms with Crippen LogP contribution in [0.3, 0.4) is 0 Å². The number of para-hydroxylation sites is 2. The highest BCUT2D eigenvalue weighted by molar-refractivity contribution is 5.91. The Morgan fingerprint density at radius 3 is 3.00 bits per heavy atom. The minimum atomic E-state index is -0.236. The van der Waals surface area contributed by atoms with Crippen molar-refractivity contribution in [1.82, 2.24) is 5.32 Å². The van der Waals surface area contributed by atoms with Crippen molar-refractivity contribution >= 4 is 11.7 Å². The topological polar surface area (TPSA) is 59.6 Å². The number of benzene rings is 1. The van der Waals surface area contributed by atoms with Crippen LogP contribution in [0, 0.1) is 0 Å². The molecule has 5 heteroatoms. The van der Waals surface area contributed by atoms with E-state index in [9.17, 15) is 4.79 Å². The van der Waals surface area contributed by atoms with Crippen LogP contribution in [-0.4, -0.2) is 31.4 Å². The molecule has 0 aromatic heterocycles. The number of urea groups is 1. The molecule has 1 heterocycles. The predicted molar refractivity (Wildman–Crippen MR) is 78.2 cm³/mol. The number of rotatable bonds is 5. The van der Waals surface area contributed by atoms with Crippen molar-refractivity contribution in [2.45, 2.75) is 38.8 Å². The molecular weight excluding hydrogens is 256 g/mol. The molecule has 1 aromatic rings. The van der Waals surface area contributed by atoms with Crippen molar-refractivity contribution in [2.75, 3.05) is 18.5 Å². The monoisotopic (exact) mass is 278 g/mol. The van der Waals surface area contributed by atoms with Gasteiger partial charge < -0.3 is 20.1 Å². The number of carbonyl (C=O) groups is 1. The van der Waals surface area contributed by atoms with Crippen LogP contribution in [0.5, 0.6) is 5.75 Å². The van der Waals surface area contributed by atoms with Gasteiger partial charge in [-0.3, -0.25) is 0 Å². The molecule has 1 fully saturated rings. The van der Waals surface area contributed by atoms with Gasteiger partial charge in [-0.05, 0) is 38.8 Å². The largest absolute Gasteiger partial charge is 0.492 e. The molecule has 2 N–H and O–H groups in total. The molecule has 0 spiro atoms. The summed E-state index contributed by atoms with van der Waals surface area (Å²) in [7, 11) is 0. The second-order valence-corrected chi connectivity index (χ2v) is 4.87. The summed E-state index contributed by atoms with van der Waals surface area (Å²) in [5.41, 5.74) is 0.673. The Balaban J connectivity index is 1.90. The number of carbonyl (C=O) groups excluding carboxylic acids is 1. The standard InChI is InChI=1S/C15H22N2O3/c1-3-19-14-8-5-4-7-12(14)17-15(18)16-11(2)13-9-6-10-20-13/h4-5,7-8,11,13H,3,6,9-10H2,1-2H3,(H2,16,17,18)/t11-,13+/m1/s1. The van der Waals surface area contributed by atoms with Crippen molar-refractivity contribution in [3.63, 3.8) is 0 Å². The summed E-state index contributed by atoms with van der Waals surface area (Å²) in [5.74, 6) is 0.676. The van der Waals surface area contributed by atoms with E-state index in [1.807, 2.05) is 38.1 Å². The van der Waals surface area contributed by atoms with Gasteiger partial charge in [0.25, 0.3) is 0 Å². The van der Waals surface area contributed by atoms with Gasteiger partial charge >= 0.3 is 6.03 Å². The van der Waals surface area contributed by atoms with Crippen LogP contribution in [0.4, 0.5) is 10.5 Å². The molecule has 1 saturated heterocycles. The average molecular weight is 278 g/mol. The van der Waals surface area contributed by atoms with Crippen molar-refractivity contribution in [2.24, 2.45) is 0 Å². The van der Waals surface area contributed by atoms with Gasteiger partial charge in [0.05, 0.1) is 24.4 Å². The number of hydrogen-bond acceptors (Lipinski definition) is 3. The minimum absolute atomic E-state index is 0.00300. The molecule has 2 rings (SSSR count). The quantitative estimate of drug-likeness (QED) is 0.870. The van der Waals surface area contributed by atoms with Crippen molar-refractivity contribution in [1.29, 1.82) is 0 Å². The summed E-state index contributed by atoms with van der Waals surface area (Å²) < 4.78 is 11.0. The van der Waals surface area contributed by atoms with Crippen LogP contribution in [-0.2, 0) is 4.74 Å². The summed E-state index contributed by atoms with van der Waals surface area (Å²) in [6.07, 6.45) is 2.17. The first-order chi connectivity index (χ1) is 9.70. The normalized spacial score (nSPS) is 19.4. The van der Waals surface area contributed by atoms with Gasteiger partial charge in [0.2, 0.25) is 0 Å². The second-order valence-electron chi connectivity index (χ2n) is 4.87. The molecule has 1 aliphatic heterocycles. The smallest absolute Gasteiger partial charge is 0.319 e. The Hall–Kier alpha value is -1.75. The first kappa shape index (κ1) is 14.7. The van der Waals surface area contributed by atoms with Crippen LogP contribution in [0.1, 0.15) is 26.7 Å². The summed E-state index contributed by atoms with van der Waals surface area (Å²) in [6.45, 7) is 5.22. The maximum Gasteiger partial charge on any atom is 0.319 e. The Labute approximate surface area is 119 Å². The van der Waals surface area contributed by atoms with E-state index >= 15 is 0 Å². The van der Waals surface area contributed by atoms with E-state index in [4.69, 9.17) is 9.47 Å². The van der Waals surface area contributed by atoms with Crippen LogP contribution in [0.15, 0.2) is 24.3 Å². The van der Waals surface area contributed by atoms with Crippen LogP contribution in [0.2, 0.25) is 0 Å². The van der Waals surface area contributed by atoms with Crippen LogP contribution in [0.25, 0.3) is 0 Å². The highest BCUT2D eigenvalue weighted by Crippen LogP contribution is 2.23. The zero-order chi connectivity index (χ0) is 14.4. The maximum absolute atomic E-state index is 12.0. The number of anilines is 1. The fourth-order valence-electron chi connectivity index (χ4n) is 2.31. The Bertz CT molecular complexity index is 444. The number of amides is 2. The van der Waals surface area contributed by atoms with Gasteiger partial charge in [-0.25, -0.2) is 4.79 Å². The molecule has 1 aromatic carbocycles. The maximum atomic E-state index is 12.0. The van der Waals surface area contributed by atoms with Gasteiger partial charge in [-0.15, -0.1) is 0 Å². The Kier molecular flexibility index (Phi) is 5.24. The van der Waals surface area contributed by atoms with Crippen molar-refractivity contribution in [3.8, 4) is 5.75 Å². The summed E-state index contributed by atoms with van der Waals surface area (Å²) in [4.78, 5) is 12.0. The van der Waals surface area contributed by atoms with E-state index in [0.717, 1.165) is 19.4 Å². The van der Waals surface area contributed by atoms with Crippen molar-refractivity contribution < 1.29 is 14.3 Å². The Morgan fingerprint density at radius 2 is 2.30 bits per heavy atom. The van der Waals surface area contributed by atoms with E-state index in [2.05, 4.69) is 10.6 Å². The lowest BCUT2D eigenvalue weighted by Crippen LogP contribution is -2.43. The lowest BCUT2D eigenvalue weighted by atomic mass is 10.1. The molecule has 2 atom stereocenters. The molecule has 0 radical (unpaired) electrons. The van der Waals surface area contributed by atoms with E-state index in [1.54, 1.807) is 0 Å². The SMILES string of the molecule is CCOc1ccccc1NC(=O)N[C@H](C)[C@@H]1CCCO1. The molecule has 2 amide bonds. The van der Waals surface area contributed by atoms with Gasteiger partial charge in [0, 0.05) is 6.61 Å². The Morgan fingerprint density at radius 1 is 1.50 bits per heavy atom. The summed E-state index contributed by atoms with van der Waals surface area (Å²) in [6, 6.07) is 7.16. The van der Waals surface area contributed by atoms with Gasteiger partial charge in [0.1, 0.15) is 5.75 Å². The third-order valence-electron chi connectivity index (χ3n) is 3.32. The van der Waals surface area contributed by atoms with Gasteiger partial charge in [0.15, 0.2) is 0 Å². The molecular formula is C15H22N2O3. The highest BCUT2D eigenvalue weighted by Gasteiger charge is 2.23. The molecule has 0 unspecified atom stereocenters. The van der Waals surface area contributed by atoms with Gasteiger partial charge in [-0.2, -0.15) is 0 Å². The van der Waals surface area contributed by atoms with E-state index < -0.39 is 0 Å². The number of nitrogens with one attached hydrogen (secondary N) is 2. The van der Waals surface area contributed by atoms with E-state index in [0.29, 0.717) is 18.0 Å².